The number of ketones is 1. The van der Waals surface area contributed by atoms with Crippen molar-refractivity contribution in [3.05, 3.63) is 107 Å². The first kappa shape index (κ1) is 23.7. The van der Waals surface area contributed by atoms with E-state index < -0.39 is 17.7 Å². The van der Waals surface area contributed by atoms with Crippen LogP contribution in [0.5, 0.6) is 5.75 Å². The lowest BCUT2D eigenvalue weighted by Crippen LogP contribution is -2.29. The number of phenols is 1. The number of amides is 1. The van der Waals surface area contributed by atoms with Gasteiger partial charge in [0.2, 0.25) is 5.13 Å². The van der Waals surface area contributed by atoms with Crippen LogP contribution in [0.4, 0.5) is 9.52 Å². The van der Waals surface area contributed by atoms with Gasteiger partial charge in [0.05, 0.1) is 11.6 Å². The molecule has 1 aromatic heterocycles. The number of aromatic nitrogens is 2. The molecule has 1 unspecified atom stereocenters. The van der Waals surface area contributed by atoms with Crippen molar-refractivity contribution in [1.82, 2.24) is 10.2 Å². The van der Waals surface area contributed by atoms with Crippen molar-refractivity contribution in [2.75, 3.05) is 4.90 Å². The number of rotatable bonds is 6. The Kier molecular flexibility index (Phi) is 6.53. The highest BCUT2D eigenvalue weighted by molar-refractivity contribution is 8.00. The van der Waals surface area contributed by atoms with Gasteiger partial charge in [-0.05, 0) is 35.4 Å². The predicted octanol–water partition coefficient (Wildman–Crippen LogP) is 5.30. The number of hydrogen-bond acceptors (Lipinski definition) is 8. The molecule has 1 atom stereocenters. The molecule has 0 spiro atoms. The quantitative estimate of drug-likeness (QED) is 0.117. The van der Waals surface area contributed by atoms with E-state index in [2.05, 4.69) is 10.2 Å². The molecule has 0 saturated carbocycles. The highest BCUT2D eigenvalue weighted by Gasteiger charge is 2.48. The van der Waals surface area contributed by atoms with Gasteiger partial charge in [-0.25, -0.2) is 4.39 Å². The summed E-state index contributed by atoms with van der Waals surface area (Å²) < 4.78 is 13.7. The molecule has 1 aliphatic rings. The van der Waals surface area contributed by atoms with E-state index in [1.54, 1.807) is 54.6 Å². The fraction of sp³-hybridized carbons (Fsp3) is 0.0769. The number of anilines is 1. The smallest absolute Gasteiger partial charge is 0.301 e. The number of benzene rings is 3. The Morgan fingerprint density at radius 2 is 1.67 bits per heavy atom. The summed E-state index contributed by atoms with van der Waals surface area (Å²) in [6.45, 7) is 0. The minimum Gasteiger partial charge on any atom is -0.508 e. The normalized spacial score (nSPS) is 17.0. The molecule has 0 aliphatic carbocycles. The molecule has 1 fully saturated rings. The zero-order valence-electron chi connectivity index (χ0n) is 18.5. The van der Waals surface area contributed by atoms with Crippen LogP contribution in [0.2, 0.25) is 0 Å². The number of Topliss-reactive ketones (excluding diaryl/α,β-unsaturated/α-hetero) is 1. The number of phenolic OH excluding ortho intramolecular Hbond substituents is 1. The summed E-state index contributed by atoms with van der Waals surface area (Å²) in [7, 11) is 0. The summed E-state index contributed by atoms with van der Waals surface area (Å²) in [4.78, 5) is 27.6. The van der Waals surface area contributed by atoms with Gasteiger partial charge in [0.1, 0.15) is 17.3 Å². The number of carbonyl (C=O) groups excluding carboxylic acids is 2. The number of aliphatic hydroxyl groups excluding tert-OH is 1. The number of hydrogen-bond donors (Lipinski definition) is 2. The van der Waals surface area contributed by atoms with Gasteiger partial charge in [0.25, 0.3) is 5.78 Å². The maximum absolute atomic E-state index is 13.2. The zero-order valence-corrected chi connectivity index (χ0v) is 20.2. The summed E-state index contributed by atoms with van der Waals surface area (Å²) in [5.41, 5.74) is 1.73. The molecule has 180 valence electrons. The van der Waals surface area contributed by atoms with E-state index in [0.717, 1.165) is 16.9 Å². The SMILES string of the molecule is O=C1C(=O)N(c2nnc(SCc3ccc(F)cc3)s2)C(c2ccc(O)cc2)/C1=C(/O)c1ccccc1. The van der Waals surface area contributed by atoms with E-state index in [1.165, 1.54) is 40.9 Å². The Labute approximate surface area is 213 Å². The molecule has 7 nitrogen and oxygen atoms in total. The number of aromatic hydroxyl groups is 1. The summed E-state index contributed by atoms with van der Waals surface area (Å²) in [6.07, 6.45) is 0. The van der Waals surface area contributed by atoms with Crippen molar-refractivity contribution in [2.24, 2.45) is 0 Å². The highest BCUT2D eigenvalue weighted by Crippen LogP contribution is 2.44. The molecule has 0 bridgehead atoms. The number of thioether (sulfide) groups is 1. The summed E-state index contributed by atoms with van der Waals surface area (Å²) >= 11 is 2.50. The topological polar surface area (TPSA) is 104 Å². The van der Waals surface area contributed by atoms with E-state index in [9.17, 15) is 24.2 Å². The maximum Gasteiger partial charge on any atom is 0.301 e. The van der Waals surface area contributed by atoms with Crippen LogP contribution in [0.3, 0.4) is 0 Å². The van der Waals surface area contributed by atoms with E-state index in [-0.39, 0.29) is 28.0 Å². The Balaban J connectivity index is 1.52. The summed E-state index contributed by atoms with van der Waals surface area (Å²) in [5.74, 6) is -1.76. The van der Waals surface area contributed by atoms with Crippen molar-refractivity contribution in [3.8, 4) is 5.75 Å². The van der Waals surface area contributed by atoms with Gasteiger partial charge in [-0.2, -0.15) is 0 Å². The monoisotopic (exact) mass is 519 g/mol. The van der Waals surface area contributed by atoms with E-state index in [1.807, 2.05) is 0 Å². The zero-order chi connectivity index (χ0) is 25.2. The molecule has 10 heteroatoms. The molecule has 5 rings (SSSR count). The average molecular weight is 520 g/mol. The van der Waals surface area contributed by atoms with Crippen molar-refractivity contribution < 1.29 is 24.2 Å². The fourth-order valence-corrected chi connectivity index (χ4v) is 5.66. The second kappa shape index (κ2) is 9.92. The van der Waals surface area contributed by atoms with Crippen LogP contribution in [-0.2, 0) is 15.3 Å². The number of carbonyl (C=O) groups is 2. The molecular weight excluding hydrogens is 501 g/mol. The minimum absolute atomic E-state index is 0.0224. The van der Waals surface area contributed by atoms with Gasteiger partial charge < -0.3 is 10.2 Å². The first-order chi connectivity index (χ1) is 17.4. The lowest BCUT2D eigenvalue weighted by molar-refractivity contribution is -0.132. The molecule has 1 aliphatic heterocycles. The van der Waals surface area contributed by atoms with Crippen LogP contribution in [0.25, 0.3) is 5.76 Å². The second-order valence-electron chi connectivity index (χ2n) is 7.89. The van der Waals surface area contributed by atoms with Gasteiger partial charge in [-0.1, -0.05) is 77.7 Å². The van der Waals surface area contributed by atoms with Gasteiger partial charge in [-0.3, -0.25) is 14.5 Å². The minimum atomic E-state index is -0.964. The van der Waals surface area contributed by atoms with E-state index in [4.69, 9.17) is 0 Å². The number of halogens is 1. The van der Waals surface area contributed by atoms with Crippen LogP contribution in [0.15, 0.2) is 88.8 Å². The third-order valence-electron chi connectivity index (χ3n) is 5.58. The molecule has 1 amide bonds. The molecule has 0 radical (unpaired) electrons. The standard InChI is InChI=1S/C26H18FN3O4S2/c27-18-10-6-15(7-11-18)14-35-26-29-28-25(36-26)30-21(16-8-12-19(31)13-9-16)20(23(33)24(30)34)22(32)17-4-2-1-3-5-17/h1-13,21,31-32H,14H2/b22-20-. The lowest BCUT2D eigenvalue weighted by Gasteiger charge is -2.22. The van der Waals surface area contributed by atoms with Gasteiger partial charge in [0, 0.05) is 11.3 Å². The second-order valence-corrected chi connectivity index (χ2v) is 10.1. The largest absolute Gasteiger partial charge is 0.508 e. The third-order valence-corrected chi connectivity index (χ3v) is 7.70. The third kappa shape index (κ3) is 4.60. The van der Waals surface area contributed by atoms with Crippen molar-refractivity contribution in [3.63, 3.8) is 0 Å². The molecular formula is C26H18FN3O4S2. The Bertz CT molecular complexity index is 1450. The van der Waals surface area contributed by atoms with Crippen LogP contribution in [0, 0.1) is 5.82 Å². The molecule has 3 aromatic carbocycles. The fourth-order valence-electron chi connectivity index (χ4n) is 3.84. The van der Waals surface area contributed by atoms with Crippen molar-refractivity contribution in [2.45, 2.75) is 16.1 Å². The lowest BCUT2D eigenvalue weighted by atomic mass is 9.95. The van der Waals surface area contributed by atoms with Crippen LogP contribution < -0.4 is 4.90 Å². The predicted molar refractivity (Wildman–Crippen MR) is 135 cm³/mol. The summed E-state index contributed by atoms with van der Waals surface area (Å²) in [6, 6.07) is 19.7. The Morgan fingerprint density at radius 1 is 0.972 bits per heavy atom. The van der Waals surface area contributed by atoms with Gasteiger partial charge in [0.15, 0.2) is 4.34 Å². The summed E-state index contributed by atoms with van der Waals surface area (Å²) in [5, 5.41) is 29.3. The van der Waals surface area contributed by atoms with Gasteiger partial charge >= 0.3 is 5.91 Å². The maximum atomic E-state index is 13.2. The molecule has 2 heterocycles. The first-order valence-electron chi connectivity index (χ1n) is 10.8. The Morgan fingerprint density at radius 3 is 2.36 bits per heavy atom. The van der Waals surface area contributed by atoms with Crippen molar-refractivity contribution in [1.29, 1.82) is 0 Å². The molecule has 36 heavy (non-hydrogen) atoms. The van der Waals surface area contributed by atoms with Crippen LogP contribution >= 0.6 is 23.1 Å². The molecule has 2 N–H and O–H groups in total. The van der Waals surface area contributed by atoms with E-state index in [0.29, 0.717) is 21.2 Å². The van der Waals surface area contributed by atoms with Crippen LogP contribution in [0.1, 0.15) is 22.7 Å². The van der Waals surface area contributed by atoms with Crippen LogP contribution in [-0.4, -0.2) is 32.1 Å². The van der Waals surface area contributed by atoms with Gasteiger partial charge in [-0.15, -0.1) is 10.2 Å². The average Bonchev–Trinajstić information content (AvgIpc) is 3.46. The number of aliphatic hydroxyl groups is 1. The first-order valence-corrected chi connectivity index (χ1v) is 12.6. The molecule has 1 saturated heterocycles. The van der Waals surface area contributed by atoms with E-state index >= 15 is 0 Å². The van der Waals surface area contributed by atoms with Crippen molar-refractivity contribution >= 4 is 45.7 Å². The molecule has 4 aromatic rings. The Hall–Kier alpha value is -4.02. The highest BCUT2D eigenvalue weighted by atomic mass is 32.2. The number of nitrogens with zero attached hydrogens (tertiary/aromatic N) is 3.